The third kappa shape index (κ3) is 4.35. The van der Waals surface area contributed by atoms with Crippen LogP contribution in [0.3, 0.4) is 0 Å². The second-order valence-electron chi connectivity index (χ2n) is 4.98. The Balaban J connectivity index is 2.96. The van der Waals surface area contributed by atoms with E-state index in [1.54, 1.807) is 0 Å². The fraction of sp³-hybridized carbons (Fsp3) is 0.562. The summed E-state index contributed by atoms with van der Waals surface area (Å²) in [4.78, 5) is 14.5. The van der Waals surface area contributed by atoms with E-state index >= 15 is 0 Å². The molecule has 3 nitrogen and oxygen atoms in total. The van der Waals surface area contributed by atoms with E-state index in [2.05, 4.69) is 19.9 Å². The summed E-state index contributed by atoms with van der Waals surface area (Å²) in [5.41, 5.74) is 7.75. The van der Waals surface area contributed by atoms with Gasteiger partial charge in [-0.25, -0.2) is 0 Å². The molecule has 0 saturated carbocycles. The van der Waals surface area contributed by atoms with Crippen LogP contribution in [0.5, 0.6) is 0 Å². The first-order valence-corrected chi connectivity index (χ1v) is 7.22. The van der Waals surface area contributed by atoms with Gasteiger partial charge in [0.05, 0.1) is 0 Å². The van der Waals surface area contributed by atoms with Crippen molar-refractivity contribution in [3.05, 3.63) is 29.8 Å². The van der Waals surface area contributed by atoms with E-state index in [0.29, 0.717) is 13.1 Å². The van der Waals surface area contributed by atoms with E-state index in [0.717, 1.165) is 24.9 Å². The Morgan fingerprint density at radius 2 is 2.00 bits per heavy atom. The molecule has 19 heavy (non-hydrogen) atoms. The number of rotatable bonds is 7. The molecule has 0 aliphatic heterocycles. The van der Waals surface area contributed by atoms with Crippen LogP contribution in [-0.2, 0) is 4.79 Å². The topological polar surface area (TPSA) is 46.3 Å². The van der Waals surface area contributed by atoms with Crippen LogP contribution in [0, 0.1) is 12.8 Å². The van der Waals surface area contributed by atoms with Gasteiger partial charge in [0.15, 0.2) is 0 Å². The lowest BCUT2D eigenvalue weighted by Gasteiger charge is -2.27. The molecule has 1 aromatic carbocycles. The minimum absolute atomic E-state index is 0.110. The van der Waals surface area contributed by atoms with Crippen LogP contribution in [0.2, 0.25) is 0 Å². The normalized spacial score (nSPS) is 10.8. The van der Waals surface area contributed by atoms with Crippen molar-refractivity contribution in [2.24, 2.45) is 11.7 Å². The van der Waals surface area contributed by atoms with Gasteiger partial charge in [0.25, 0.3) is 0 Å². The summed E-state index contributed by atoms with van der Waals surface area (Å²) in [5.74, 6) is 0.335. The number of hydrogen-bond donors (Lipinski definition) is 1. The maximum Gasteiger partial charge on any atom is 0.230 e. The van der Waals surface area contributed by atoms with Crippen LogP contribution in [0.25, 0.3) is 0 Å². The molecule has 1 aromatic rings. The fourth-order valence-electron chi connectivity index (χ4n) is 2.27. The number of amides is 1. The first-order valence-electron chi connectivity index (χ1n) is 7.22. The highest BCUT2D eigenvalue weighted by Gasteiger charge is 2.22. The fourth-order valence-corrected chi connectivity index (χ4v) is 2.27. The Bertz CT molecular complexity index is 399. The Kier molecular flexibility index (Phi) is 6.57. The standard InChI is InChI=1S/C16H26N2O/c1-4-14(5-2)16(19)18(11-7-10-17)15-9-6-8-13(3)12-15/h6,8-9,12,14H,4-5,7,10-11,17H2,1-3H3. The average Bonchev–Trinajstić information content (AvgIpc) is 2.40. The van der Waals surface area contributed by atoms with E-state index in [4.69, 9.17) is 5.73 Å². The lowest BCUT2D eigenvalue weighted by atomic mass is 10.0. The predicted octanol–water partition coefficient (Wildman–Crippen LogP) is 3.11. The zero-order valence-electron chi connectivity index (χ0n) is 12.4. The van der Waals surface area contributed by atoms with Crippen molar-refractivity contribution >= 4 is 11.6 Å². The van der Waals surface area contributed by atoms with Crippen LogP contribution in [0.15, 0.2) is 24.3 Å². The van der Waals surface area contributed by atoms with Gasteiger partial charge in [-0.15, -0.1) is 0 Å². The van der Waals surface area contributed by atoms with Gasteiger partial charge in [0, 0.05) is 18.2 Å². The van der Waals surface area contributed by atoms with Crippen LogP contribution in [0.4, 0.5) is 5.69 Å². The van der Waals surface area contributed by atoms with Gasteiger partial charge >= 0.3 is 0 Å². The number of benzene rings is 1. The minimum atomic E-state index is 0.110. The molecular weight excluding hydrogens is 236 g/mol. The highest BCUT2D eigenvalue weighted by atomic mass is 16.2. The molecular formula is C16H26N2O. The molecule has 0 heterocycles. The summed E-state index contributed by atoms with van der Waals surface area (Å²) in [6, 6.07) is 8.12. The van der Waals surface area contributed by atoms with Gasteiger partial charge in [0.1, 0.15) is 0 Å². The lowest BCUT2D eigenvalue weighted by Crippen LogP contribution is -2.37. The number of nitrogens with zero attached hydrogens (tertiary/aromatic N) is 1. The number of aryl methyl sites for hydroxylation is 1. The number of nitrogens with two attached hydrogens (primary N) is 1. The third-order valence-electron chi connectivity index (χ3n) is 3.50. The number of carbonyl (C=O) groups is 1. The lowest BCUT2D eigenvalue weighted by molar-refractivity contribution is -0.122. The Hall–Kier alpha value is -1.35. The number of carbonyl (C=O) groups excluding carboxylic acids is 1. The SMILES string of the molecule is CCC(CC)C(=O)N(CCCN)c1cccc(C)c1. The van der Waals surface area contributed by atoms with Gasteiger partial charge in [-0.2, -0.15) is 0 Å². The van der Waals surface area contributed by atoms with Gasteiger partial charge in [-0.05, 0) is 50.4 Å². The van der Waals surface area contributed by atoms with Gasteiger partial charge < -0.3 is 10.6 Å². The van der Waals surface area contributed by atoms with Crippen LogP contribution >= 0.6 is 0 Å². The molecule has 0 saturated heterocycles. The maximum atomic E-state index is 12.6. The molecule has 0 bridgehead atoms. The predicted molar refractivity (Wildman–Crippen MR) is 81.3 cm³/mol. The highest BCUT2D eigenvalue weighted by molar-refractivity contribution is 5.95. The molecule has 1 amide bonds. The maximum absolute atomic E-state index is 12.6. The first kappa shape index (κ1) is 15.7. The van der Waals surface area contributed by atoms with Crippen molar-refractivity contribution in [2.75, 3.05) is 18.0 Å². The second kappa shape index (κ2) is 7.95. The molecule has 0 aromatic heterocycles. The Morgan fingerprint density at radius 3 is 2.53 bits per heavy atom. The molecule has 1 rings (SSSR count). The molecule has 0 aliphatic rings. The van der Waals surface area contributed by atoms with Gasteiger partial charge in [0.2, 0.25) is 5.91 Å². The minimum Gasteiger partial charge on any atom is -0.330 e. The molecule has 106 valence electrons. The van der Waals surface area contributed by atoms with E-state index in [1.165, 1.54) is 5.56 Å². The second-order valence-corrected chi connectivity index (χ2v) is 4.98. The summed E-state index contributed by atoms with van der Waals surface area (Å²) in [7, 11) is 0. The highest BCUT2D eigenvalue weighted by Crippen LogP contribution is 2.21. The van der Waals surface area contributed by atoms with Crippen molar-refractivity contribution in [1.82, 2.24) is 0 Å². The van der Waals surface area contributed by atoms with E-state index < -0.39 is 0 Å². The zero-order chi connectivity index (χ0) is 14.3. The van der Waals surface area contributed by atoms with E-state index in [1.807, 2.05) is 30.0 Å². The largest absolute Gasteiger partial charge is 0.330 e. The summed E-state index contributed by atoms with van der Waals surface area (Å²) in [5, 5.41) is 0. The number of hydrogen-bond acceptors (Lipinski definition) is 2. The van der Waals surface area contributed by atoms with Gasteiger partial charge in [-0.1, -0.05) is 26.0 Å². The summed E-state index contributed by atoms with van der Waals surface area (Å²) in [6.45, 7) is 7.51. The van der Waals surface area contributed by atoms with E-state index in [9.17, 15) is 4.79 Å². The Morgan fingerprint density at radius 1 is 1.32 bits per heavy atom. The van der Waals surface area contributed by atoms with Crippen molar-refractivity contribution in [2.45, 2.75) is 40.0 Å². The summed E-state index contributed by atoms with van der Waals surface area (Å²) in [6.07, 6.45) is 2.61. The molecule has 0 atom stereocenters. The molecule has 0 aliphatic carbocycles. The van der Waals surface area contributed by atoms with Crippen LogP contribution < -0.4 is 10.6 Å². The number of anilines is 1. The molecule has 0 spiro atoms. The first-order chi connectivity index (χ1) is 9.13. The quantitative estimate of drug-likeness (QED) is 0.820. The Labute approximate surface area is 116 Å². The average molecular weight is 262 g/mol. The molecule has 0 radical (unpaired) electrons. The van der Waals surface area contributed by atoms with Crippen molar-refractivity contribution < 1.29 is 4.79 Å². The van der Waals surface area contributed by atoms with Gasteiger partial charge in [-0.3, -0.25) is 4.79 Å². The zero-order valence-corrected chi connectivity index (χ0v) is 12.4. The summed E-state index contributed by atoms with van der Waals surface area (Å²) < 4.78 is 0. The summed E-state index contributed by atoms with van der Waals surface area (Å²) >= 11 is 0. The van der Waals surface area contributed by atoms with Crippen molar-refractivity contribution in [1.29, 1.82) is 0 Å². The van der Waals surface area contributed by atoms with Crippen LogP contribution in [0.1, 0.15) is 38.7 Å². The molecule has 0 unspecified atom stereocenters. The van der Waals surface area contributed by atoms with E-state index in [-0.39, 0.29) is 11.8 Å². The molecule has 3 heteroatoms. The molecule has 2 N–H and O–H groups in total. The van der Waals surface area contributed by atoms with Crippen molar-refractivity contribution in [3.63, 3.8) is 0 Å². The monoisotopic (exact) mass is 262 g/mol. The van der Waals surface area contributed by atoms with Crippen molar-refractivity contribution in [3.8, 4) is 0 Å². The molecule has 0 fully saturated rings. The smallest absolute Gasteiger partial charge is 0.230 e. The third-order valence-corrected chi connectivity index (χ3v) is 3.50. The van der Waals surface area contributed by atoms with Crippen LogP contribution in [-0.4, -0.2) is 19.0 Å².